The van der Waals surface area contributed by atoms with Gasteiger partial charge in [0.15, 0.2) is 0 Å². The van der Waals surface area contributed by atoms with Crippen molar-refractivity contribution in [2.75, 3.05) is 23.7 Å². The number of unbranched alkanes of at least 4 members (excludes halogenated alkanes) is 1. The molecule has 1 unspecified atom stereocenters. The molecule has 0 aliphatic heterocycles. The number of aryl methyl sites for hydroxylation is 2. The van der Waals surface area contributed by atoms with Gasteiger partial charge in [0.05, 0.1) is 11.9 Å². The molecule has 0 saturated carbocycles. The van der Waals surface area contributed by atoms with Gasteiger partial charge in [-0.3, -0.25) is 13.9 Å². The number of halogens is 1. The van der Waals surface area contributed by atoms with Crippen molar-refractivity contribution in [3.8, 4) is 0 Å². The highest BCUT2D eigenvalue weighted by Crippen LogP contribution is 2.25. The minimum atomic E-state index is -3.81. The number of rotatable bonds is 13. The van der Waals surface area contributed by atoms with Crippen LogP contribution < -0.4 is 9.62 Å². The van der Waals surface area contributed by atoms with Gasteiger partial charge in [0.25, 0.3) is 0 Å². The van der Waals surface area contributed by atoms with Gasteiger partial charge in [0.2, 0.25) is 21.8 Å². The summed E-state index contributed by atoms with van der Waals surface area (Å²) >= 11 is 3.49. The zero-order valence-corrected chi connectivity index (χ0v) is 26.0. The smallest absolute Gasteiger partial charge is 0.244 e. The Hall–Kier alpha value is -3.17. The summed E-state index contributed by atoms with van der Waals surface area (Å²) < 4.78 is 27.9. The maximum absolute atomic E-state index is 14.1. The third kappa shape index (κ3) is 8.93. The highest BCUT2D eigenvalue weighted by molar-refractivity contribution is 9.10. The van der Waals surface area contributed by atoms with Crippen molar-refractivity contribution >= 4 is 43.5 Å². The molecule has 1 N–H and O–H groups in total. The Morgan fingerprint density at radius 2 is 1.65 bits per heavy atom. The third-order valence-corrected chi connectivity index (χ3v) is 8.26. The lowest BCUT2D eigenvalue weighted by Crippen LogP contribution is -2.53. The van der Waals surface area contributed by atoms with Crippen LogP contribution in [-0.2, 0) is 32.6 Å². The van der Waals surface area contributed by atoms with Crippen LogP contribution in [0.4, 0.5) is 5.69 Å². The lowest BCUT2D eigenvalue weighted by Gasteiger charge is -2.34. The minimum absolute atomic E-state index is 0.140. The van der Waals surface area contributed by atoms with Crippen LogP contribution in [0.1, 0.15) is 42.0 Å². The predicted octanol–water partition coefficient (Wildman–Crippen LogP) is 5.39. The van der Waals surface area contributed by atoms with Gasteiger partial charge in [-0.1, -0.05) is 89.4 Å². The minimum Gasteiger partial charge on any atom is -0.354 e. The van der Waals surface area contributed by atoms with Crippen molar-refractivity contribution in [3.63, 3.8) is 0 Å². The number of nitrogens with one attached hydrogen (secondary N) is 1. The summed E-state index contributed by atoms with van der Waals surface area (Å²) in [5.41, 5.74) is 3.90. The van der Waals surface area contributed by atoms with E-state index in [1.54, 1.807) is 6.07 Å². The van der Waals surface area contributed by atoms with E-state index in [2.05, 4.69) is 21.2 Å². The summed E-state index contributed by atoms with van der Waals surface area (Å²) in [6, 6.07) is 21.7. The van der Waals surface area contributed by atoms with Crippen molar-refractivity contribution in [3.05, 3.63) is 99.5 Å². The van der Waals surface area contributed by atoms with E-state index in [1.807, 2.05) is 87.5 Å². The number of hydrogen-bond donors (Lipinski definition) is 1. The molecule has 0 radical (unpaired) electrons. The predicted molar refractivity (Wildman–Crippen MR) is 165 cm³/mol. The summed E-state index contributed by atoms with van der Waals surface area (Å²) in [7, 11) is -3.81. The Balaban J connectivity index is 2.05. The Kier molecular flexibility index (Phi) is 11.3. The maximum Gasteiger partial charge on any atom is 0.244 e. The molecular weight excluding hydrogens is 590 g/mol. The second-order valence-corrected chi connectivity index (χ2v) is 12.9. The number of anilines is 1. The fourth-order valence-corrected chi connectivity index (χ4v) is 5.93. The zero-order valence-electron chi connectivity index (χ0n) is 23.6. The van der Waals surface area contributed by atoms with E-state index in [9.17, 15) is 18.0 Å². The first-order valence-corrected chi connectivity index (χ1v) is 16.0. The number of amides is 2. The van der Waals surface area contributed by atoms with Crippen molar-refractivity contribution in [2.45, 2.75) is 52.6 Å². The molecule has 0 fully saturated rings. The normalized spacial score (nSPS) is 12.0. The fourth-order valence-electron chi connectivity index (χ4n) is 4.57. The molecule has 3 rings (SSSR count). The summed E-state index contributed by atoms with van der Waals surface area (Å²) in [6.45, 7) is 6.01. The standard InChI is InChI=1S/C31H38BrN3O4S/c1-5-6-17-33-31(37)29(20-25-11-8-7-9-12-25)34(21-26-13-10-14-27(32)19-26)30(36)22-35(40(4,38)39)28-16-15-23(2)18-24(28)3/h7-16,18-19,29H,5-6,17,20-22H2,1-4H3,(H,33,37). The van der Waals surface area contributed by atoms with Gasteiger partial charge in [0, 0.05) is 24.0 Å². The second kappa shape index (κ2) is 14.5. The lowest BCUT2D eigenvalue weighted by atomic mass is 10.0. The SMILES string of the molecule is CCCCNC(=O)C(Cc1ccccc1)N(Cc1cccc(Br)c1)C(=O)CN(c1ccc(C)cc1C)S(C)(=O)=O. The Morgan fingerprint density at radius 1 is 0.950 bits per heavy atom. The summed E-state index contributed by atoms with van der Waals surface area (Å²) in [5.74, 6) is -0.727. The van der Waals surface area contributed by atoms with Crippen LogP contribution in [0.5, 0.6) is 0 Å². The number of carbonyl (C=O) groups is 2. The van der Waals surface area contributed by atoms with Gasteiger partial charge in [-0.25, -0.2) is 8.42 Å². The Morgan fingerprint density at radius 3 is 2.27 bits per heavy atom. The molecule has 9 heteroatoms. The average molecular weight is 629 g/mol. The quantitative estimate of drug-likeness (QED) is 0.258. The highest BCUT2D eigenvalue weighted by atomic mass is 79.9. The van der Waals surface area contributed by atoms with Gasteiger partial charge in [-0.15, -0.1) is 0 Å². The monoisotopic (exact) mass is 627 g/mol. The van der Waals surface area contributed by atoms with E-state index in [4.69, 9.17) is 0 Å². The Bertz CT molecular complexity index is 1410. The van der Waals surface area contributed by atoms with Crippen LogP contribution >= 0.6 is 15.9 Å². The molecule has 1 atom stereocenters. The van der Waals surface area contributed by atoms with E-state index in [1.165, 1.54) is 4.90 Å². The molecule has 214 valence electrons. The van der Waals surface area contributed by atoms with E-state index < -0.39 is 28.5 Å². The zero-order chi connectivity index (χ0) is 29.3. The van der Waals surface area contributed by atoms with Crippen molar-refractivity contribution in [1.82, 2.24) is 10.2 Å². The van der Waals surface area contributed by atoms with Crippen molar-refractivity contribution in [1.29, 1.82) is 0 Å². The molecule has 0 aromatic heterocycles. The molecule has 7 nitrogen and oxygen atoms in total. The summed E-state index contributed by atoms with van der Waals surface area (Å²) in [4.78, 5) is 29.3. The highest BCUT2D eigenvalue weighted by Gasteiger charge is 2.33. The first kappa shape index (κ1) is 31.4. The van der Waals surface area contributed by atoms with Crippen LogP contribution in [0.3, 0.4) is 0 Å². The number of nitrogens with zero attached hydrogens (tertiary/aromatic N) is 2. The molecule has 0 spiro atoms. The van der Waals surface area contributed by atoms with Gasteiger partial charge in [-0.05, 0) is 55.2 Å². The van der Waals surface area contributed by atoms with Crippen LogP contribution in [0, 0.1) is 13.8 Å². The average Bonchev–Trinajstić information content (AvgIpc) is 2.89. The van der Waals surface area contributed by atoms with Crippen LogP contribution in [0.2, 0.25) is 0 Å². The van der Waals surface area contributed by atoms with Gasteiger partial charge in [0.1, 0.15) is 12.6 Å². The number of sulfonamides is 1. The number of hydrogen-bond acceptors (Lipinski definition) is 4. The third-order valence-electron chi connectivity index (χ3n) is 6.64. The van der Waals surface area contributed by atoms with Gasteiger partial charge in [-0.2, -0.15) is 0 Å². The van der Waals surface area contributed by atoms with Crippen molar-refractivity contribution in [2.24, 2.45) is 0 Å². The first-order chi connectivity index (χ1) is 19.0. The second-order valence-electron chi connectivity index (χ2n) is 10.1. The van der Waals surface area contributed by atoms with Gasteiger partial charge < -0.3 is 10.2 Å². The number of carbonyl (C=O) groups excluding carboxylic acids is 2. The summed E-state index contributed by atoms with van der Waals surface area (Å²) in [5, 5.41) is 2.99. The maximum atomic E-state index is 14.1. The van der Waals surface area contributed by atoms with E-state index in [0.717, 1.165) is 50.1 Å². The molecule has 0 bridgehead atoms. The molecule has 2 amide bonds. The van der Waals surface area contributed by atoms with Crippen molar-refractivity contribution < 1.29 is 18.0 Å². The van der Waals surface area contributed by atoms with E-state index >= 15 is 0 Å². The summed E-state index contributed by atoms with van der Waals surface area (Å²) in [6.07, 6.45) is 3.12. The molecule has 3 aromatic carbocycles. The molecule has 40 heavy (non-hydrogen) atoms. The van der Waals surface area contributed by atoms with Crippen LogP contribution in [-0.4, -0.2) is 50.5 Å². The first-order valence-electron chi connectivity index (χ1n) is 13.4. The van der Waals surface area contributed by atoms with E-state index in [-0.39, 0.29) is 12.5 Å². The largest absolute Gasteiger partial charge is 0.354 e. The fraction of sp³-hybridized carbons (Fsp3) is 0.355. The van der Waals surface area contributed by atoms with E-state index in [0.29, 0.717) is 18.7 Å². The lowest BCUT2D eigenvalue weighted by molar-refractivity contribution is -0.140. The molecular formula is C31H38BrN3O4S. The number of benzene rings is 3. The molecule has 0 saturated heterocycles. The van der Waals surface area contributed by atoms with Crippen LogP contribution in [0.15, 0.2) is 77.3 Å². The Labute approximate surface area is 246 Å². The van der Waals surface area contributed by atoms with Gasteiger partial charge >= 0.3 is 0 Å². The molecule has 0 aliphatic carbocycles. The molecule has 3 aromatic rings. The molecule has 0 aliphatic rings. The van der Waals surface area contributed by atoms with Crippen LogP contribution in [0.25, 0.3) is 0 Å². The topological polar surface area (TPSA) is 86.8 Å². The molecule has 0 heterocycles.